The van der Waals surface area contributed by atoms with E-state index in [-0.39, 0.29) is 24.2 Å². The van der Waals surface area contributed by atoms with Crippen LogP contribution in [0.2, 0.25) is 0 Å². The Balaban J connectivity index is 0.00000256. The van der Waals surface area contributed by atoms with Crippen molar-refractivity contribution in [1.82, 2.24) is 10.6 Å². The van der Waals surface area contributed by atoms with E-state index in [9.17, 15) is 4.79 Å². The number of nitrogens with one attached hydrogen (secondary N) is 2. The van der Waals surface area contributed by atoms with E-state index >= 15 is 0 Å². The molecule has 1 amide bonds. The summed E-state index contributed by atoms with van der Waals surface area (Å²) >= 11 is 5.00. The Labute approximate surface area is 121 Å². The Bertz CT molecular complexity index is 359. The van der Waals surface area contributed by atoms with Crippen LogP contribution in [0, 0.1) is 0 Å². The molecule has 0 bridgehead atoms. The number of hydrogen-bond acceptors (Lipinski definition) is 3. The number of thiophene rings is 1. The van der Waals surface area contributed by atoms with E-state index < -0.39 is 0 Å². The Hall–Kier alpha value is -0.100. The molecule has 17 heavy (non-hydrogen) atoms. The second kappa shape index (κ2) is 8.08. The Morgan fingerprint density at radius 2 is 2.12 bits per heavy atom. The summed E-state index contributed by atoms with van der Waals surface area (Å²) in [5.41, 5.74) is 0. The van der Waals surface area contributed by atoms with Crippen molar-refractivity contribution in [3.05, 3.63) is 20.8 Å². The molecule has 0 saturated heterocycles. The number of carbonyl (C=O) groups excluding carboxylic acids is 1. The van der Waals surface area contributed by atoms with E-state index in [0.29, 0.717) is 12.6 Å². The summed E-state index contributed by atoms with van der Waals surface area (Å²) in [4.78, 5) is 12.9. The molecular weight excluding hydrogens is 324 g/mol. The SMILES string of the molecule is CNC(C)CNC(=O)C(C)c1ccc(Br)s1.Cl. The van der Waals surface area contributed by atoms with Crippen LogP contribution in [0.25, 0.3) is 0 Å². The van der Waals surface area contributed by atoms with Gasteiger partial charge in [0.1, 0.15) is 0 Å². The summed E-state index contributed by atoms with van der Waals surface area (Å²) in [5, 5.41) is 6.01. The molecule has 0 spiro atoms. The number of amides is 1. The fourth-order valence-electron chi connectivity index (χ4n) is 1.20. The Morgan fingerprint density at radius 1 is 1.47 bits per heavy atom. The lowest BCUT2D eigenvalue weighted by Crippen LogP contribution is -2.38. The summed E-state index contributed by atoms with van der Waals surface area (Å²) in [6.07, 6.45) is 0. The summed E-state index contributed by atoms with van der Waals surface area (Å²) in [7, 11) is 1.89. The van der Waals surface area contributed by atoms with Gasteiger partial charge >= 0.3 is 0 Å². The van der Waals surface area contributed by atoms with Gasteiger partial charge in [0.05, 0.1) is 9.70 Å². The zero-order chi connectivity index (χ0) is 12.1. The normalized spacial score (nSPS) is 13.6. The highest BCUT2D eigenvalue weighted by molar-refractivity contribution is 9.11. The van der Waals surface area contributed by atoms with Crippen LogP contribution >= 0.6 is 39.7 Å². The van der Waals surface area contributed by atoms with E-state index in [2.05, 4.69) is 26.6 Å². The Morgan fingerprint density at radius 3 is 2.59 bits per heavy atom. The third kappa shape index (κ3) is 5.38. The number of likely N-dealkylation sites (N-methyl/N-ethyl adjacent to an activating group) is 1. The minimum atomic E-state index is -0.0830. The van der Waals surface area contributed by atoms with Crippen LogP contribution in [-0.2, 0) is 4.79 Å². The average Bonchev–Trinajstić information content (AvgIpc) is 2.71. The van der Waals surface area contributed by atoms with E-state index in [4.69, 9.17) is 0 Å². The van der Waals surface area contributed by atoms with Crippen LogP contribution in [0.3, 0.4) is 0 Å². The maximum absolute atomic E-state index is 11.8. The van der Waals surface area contributed by atoms with Gasteiger partial charge in [-0.05, 0) is 49.0 Å². The van der Waals surface area contributed by atoms with Gasteiger partial charge in [0, 0.05) is 17.5 Å². The highest BCUT2D eigenvalue weighted by Crippen LogP contribution is 2.28. The minimum Gasteiger partial charge on any atom is -0.354 e. The van der Waals surface area contributed by atoms with Crippen molar-refractivity contribution in [3.63, 3.8) is 0 Å². The van der Waals surface area contributed by atoms with Crippen LogP contribution in [0.4, 0.5) is 0 Å². The number of hydrogen-bond donors (Lipinski definition) is 2. The molecule has 2 N–H and O–H groups in total. The van der Waals surface area contributed by atoms with Gasteiger partial charge in [0.25, 0.3) is 0 Å². The maximum atomic E-state index is 11.8. The van der Waals surface area contributed by atoms with Gasteiger partial charge in [-0.2, -0.15) is 0 Å². The molecule has 2 atom stereocenters. The van der Waals surface area contributed by atoms with Gasteiger partial charge in [-0.25, -0.2) is 0 Å². The van der Waals surface area contributed by atoms with Crippen molar-refractivity contribution < 1.29 is 4.79 Å². The van der Waals surface area contributed by atoms with E-state index in [1.807, 2.05) is 33.0 Å². The van der Waals surface area contributed by atoms with Gasteiger partial charge in [0.15, 0.2) is 0 Å². The van der Waals surface area contributed by atoms with Crippen LogP contribution in [0.1, 0.15) is 24.6 Å². The molecule has 1 aromatic heterocycles. The summed E-state index contributed by atoms with van der Waals surface area (Å²) < 4.78 is 1.06. The molecule has 0 aromatic carbocycles. The molecule has 98 valence electrons. The van der Waals surface area contributed by atoms with Gasteiger partial charge in [0.2, 0.25) is 5.91 Å². The molecule has 0 radical (unpaired) electrons. The monoisotopic (exact) mass is 340 g/mol. The topological polar surface area (TPSA) is 41.1 Å². The number of halogens is 2. The van der Waals surface area contributed by atoms with Gasteiger partial charge in [-0.15, -0.1) is 23.7 Å². The molecule has 1 rings (SSSR count). The van der Waals surface area contributed by atoms with E-state index in [1.165, 1.54) is 0 Å². The molecular formula is C11H18BrClN2OS. The van der Waals surface area contributed by atoms with Crippen molar-refractivity contribution >= 4 is 45.6 Å². The predicted molar refractivity (Wildman–Crippen MR) is 79.2 cm³/mol. The largest absolute Gasteiger partial charge is 0.354 e. The van der Waals surface area contributed by atoms with Gasteiger partial charge < -0.3 is 10.6 Å². The van der Waals surface area contributed by atoms with Crippen molar-refractivity contribution in [3.8, 4) is 0 Å². The molecule has 0 saturated carbocycles. The first-order chi connectivity index (χ1) is 7.54. The molecule has 3 nitrogen and oxygen atoms in total. The van der Waals surface area contributed by atoms with Crippen molar-refractivity contribution in [1.29, 1.82) is 0 Å². The van der Waals surface area contributed by atoms with Crippen molar-refractivity contribution in [2.24, 2.45) is 0 Å². The van der Waals surface area contributed by atoms with E-state index in [0.717, 1.165) is 8.66 Å². The molecule has 0 aliphatic rings. The zero-order valence-corrected chi connectivity index (χ0v) is 13.3. The third-order valence-electron chi connectivity index (χ3n) is 2.49. The second-order valence-electron chi connectivity index (χ2n) is 3.80. The lowest BCUT2D eigenvalue weighted by Gasteiger charge is -2.14. The van der Waals surface area contributed by atoms with Gasteiger partial charge in [-0.3, -0.25) is 4.79 Å². The molecule has 1 aromatic rings. The van der Waals surface area contributed by atoms with Gasteiger partial charge in [-0.1, -0.05) is 0 Å². The van der Waals surface area contributed by atoms with Crippen molar-refractivity contribution in [2.45, 2.75) is 25.8 Å². The molecule has 6 heteroatoms. The van der Waals surface area contributed by atoms with Crippen LogP contribution in [0.5, 0.6) is 0 Å². The van der Waals surface area contributed by atoms with Crippen LogP contribution < -0.4 is 10.6 Å². The third-order valence-corrected chi connectivity index (χ3v) is 4.30. The molecule has 0 aliphatic heterocycles. The quantitative estimate of drug-likeness (QED) is 0.864. The highest BCUT2D eigenvalue weighted by atomic mass is 79.9. The average molecular weight is 342 g/mol. The van der Waals surface area contributed by atoms with Crippen molar-refractivity contribution in [2.75, 3.05) is 13.6 Å². The number of carbonyl (C=O) groups is 1. The lowest BCUT2D eigenvalue weighted by atomic mass is 10.1. The second-order valence-corrected chi connectivity index (χ2v) is 6.29. The molecule has 0 fully saturated rings. The first-order valence-corrected chi connectivity index (χ1v) is 6.85. The number of rotatable bonds is 5. The summed E-state index contributed by atoms with van der Waals surface area (Å²) in [6, 6.07) is 4.26. The summed E-state index contributed by atoms with van der Waals surface area (Å²) in [5.74, 6) is -0.00296. The summed E-state index contributed by atoms with van der Waals surface area (Å²) in [6.45, 7) is 4.62. The lowest BCUT2D eigenvalue weighted by molar-refractivity contribution is -0.122. The fourth-order valence-corrected chi connectivity index (χ4v) is 2.67. The van der Waals surface area contributed by atoms with Crippen LogP contribution in [0.15, 0.2) is 15.9 Å². The smallest absolute Gasteiger partial charge is 0.228 e. The first-order valence-electron chi connectivity index (χ1n) is 5.24. The Kier molecular flexibility index (Phi) is 8.03. The molecule has 0 aliphatic carbocycles. The minimum absolute atomic E-state index is 0. The zero-order valence-electron chi connectivity index (χ0n) is 10.1. The first kappa shape index (κ1) is 16.9. The predicted octanol–water partition coefficient (Wildman–Crippen LogP) is 2.76. The van der Waals surface area contributed by atoms with E-state index in [1.54, 1.807) is 11.3 Å². The molecule has 1 heterocycles. The highest BCUT2D eigenvalue weighted by Gasteiger charge is 2.16. The fraction of sp³-hybridized carbons (Fsp3) is 0.545. The standard InChI is InChI=1S/C11H17BrN2OS.ClH/c1-7(13-3)6-14-11(15)8(2)9-4-5-10(12)16-9;/h4-5,7-8,13H,6H2,1-3H3,(H,14,15);1H. The molecule has 2 unspecified atom stereocenters. The van der Waals surface area contributed by atoms with Crippen LogP contribution in [-0.4, -0.2) is 25.5 Å². The maximum Gasteiger partial charge on any atom is 0.228 e.